The van der Waals surface area contributed by atoms with E-state index in [2.05, 4.69) is 65.4 Å². The van der Waals surface area contributed by atoms with E-state index in [9.17, 15) is 4.79 Å². The lowest BCUT2D eigenvalue weighted by molar-refractivity contribution is 0.146. The van der Waals surface area contributed by atoms with Crippen LogP contribution in [-0.2, 0) is 10.3 Å². The first-order valence-corrected chi connectivity index (χ1v) is 11.6. The van der Waals surface area contributed by atoms with Crippen LogP contribution >= 0.6 is 0 Å². The summed E-state index contributed by atoms with van der Waals surface area (Å²) in [7, 11) is 1.67. The Bertz CT molecular complexity index is 888. The van der Waals surface area contributed by atoms with Gasteiger partial charge in [0.1, 0.15) is 12.4 Å². The van der Waals surface area contributed by atoms with Gasteiger partial charge in [0.05, 0.1) is 12.1 Å². The minimum atomic E-state index is -0.445. The molecule has 3 aliphatic heterocycles. The number of nitrogens with one attached hydrogen (secondary N) is 1. The predicted molar refractivity (Wildman–Crippen MR) is 127 cm³/mol. The number of ether oxygens (including phenoxy) is 2. The molecule has 2 aromatic carbocycles. The standard InChI is InChI=1S/C26H35N3O3/c1-26(2,27-25(30)29-17-16-28-14-12-23(29)13-15-28)22-8-4-20(5-9-22)21-6-10-24(11-7-21)32-19-18-31-3/h4-11,23H,12-19H2,1-3H3,(H,27,30). The van der Waals surface area contributed by atoms with Crippen molar-refractivity contribution in [1.29, 1.82) is 0 Å². The molecule has 6 heteroatoms. The first-order chi connectivity index (χ1) is 15.5. The summed E-state index contributed by atoms with van der Waals surface area (Å²) < 4.78 is 10.7. The Morgan fingerprint density at radius 2 is 1.56 bits per heavy atom. The average Bonchev–Trinajstić information content (AvgIpc) is 3.14. The molecule has 0 saturated carbocycles. The quantitative estimate of drug-likeness (QED) is 0.663. The van der Waals surface area contributed by atoms with Crippen molar-refractivity contribution < 1.29 is 14.3 Å². The summed E-state index contributed by atoms with van der Waals surface area (Å²) >= 11 is 0. The molecule has 3 fully saturated rings. The molecule has 5 rings (SSSR count). The molecule has 1 N–H and O–H groups in total. The number of carbonyl (C=O) groups is 1. The summed E-state index contributed by atoms with van der Waals surface area (Å²) in [5, 5.41) is 3.29. The Morgan fingerprint density at radius 3 is 2.19 bits per heavy atom. The molecular formula is C26H35N3O3. The molecule has 0 aromatic heterocycles. The number of piperidine rings is 1. The lowest BCUT2D eigenvalue weighted by Gasteiger charge is -2.35. The fourth-order valence-corrected chi connectivity index (χ4v) is 4.63. The van der Waals surface area contributed by atoms with Crippen LogP contribution in [0.2, 0.25) is 0 Å². The number of nitrogens with zero attached hydrogens (tertiary/aromatic N) is 2. The summed E-state index contributed by atoms with van der Waals surface area (Å²) in [5.74, 6) is 0.838. The molecule has 32 heavy (non-hydrogen) atoms. The number of benzene rings is 2. The molecule has 0 radical (unpaired) electrons. The molecule has 0 atom stereocenters. The lowest BCUT2D eigenvalue weighted by Crippen LogP contribution is -2.52. The fraction of sp³-hybridized carbons (Fsp3) is 0.500. The van der Waals surface area contributed by atoms with Crippen LogP contribution in [0.25, 0.3) is 11.1 Å². The van der Waals surface area contributed by atoms with E-state index < -0.39 is 5.54 Å². The Labute approximate surface area is 191 Å². The summed E-state index contributed by atoms with van der Waals surface area (Å²) in [6.07, 6.45) is 2.16. The van der Waals surface area contributed by atoms with Gasteiger partial charge in [-0.3, -0.25) is 0 Å². The molecule has 3 aliphatic rings. The van der Waals surface area contributed by atoms with Crippen molar-refractivity contribution in [2.75, 3.05) is 46.5 Å². The first-order valence-electron chi connectivity index (χ1n) is 11.6. The molecule has 2 amide bonds. The second kappa shape index (κ2) is 9.92. The Hall–Kier alpha value is -2.57. The van der Waals surface area contributed by atoms with Gasteiger partial charge >= 0.3 is 6.03 Å². The van der Waals surface area contributed by atoms with Gasteiger partial charge in [0, 0.05) is 39.3 Å². The van der Waals surface area contributed by atoms with Crippen LogP contribution in [0.4, 0.5) is 4.79 Å². The van der Waals surface area contributed by atoms with Crippen LogP contribution in [0, 0.1) is 0 Å². The monoisotopic (exact) mass is 437 g/mol. The van der Waals surface area contributed by atoms with Gasteiger partial charge in [-0.25, -0.2) is 4.79 Å². The van der Waals surface area contributed by atoms with Crippen molar-refractivity contribution in [2.45, 2.75) is 38.3 Å². The van der Waals surface area contributed by atoms with Crippen molar-refractivity contribution in [3.8, 4) is 16.9 Å². The zero-order chi connectivity index (χ0) is 22.6. The fourth-order valence-electron chi connectivity index (χ4n) is 4.63. The van der Waals surface area contributed by atoms with Crippen LogP contribution in [0.5, 0.6) is 5.75 Å². The lowest BCUT2D eigenvalue weighted by atomic mass is 9.92. The zero-order valence-corrected chi connectivity index (χ0v) is 19.5. The summed E-state index contributed by atoms with van der Waals surface area (Å²) in [6, 6.07) is 17.0. The van der Waals surface area contributed by atoms with Gasteiger partial charge in [0.15, 0.2) is 0 Å². The third-order valence-corrected chi connectivity index (χ3v) is 6.69. The third-order valence-electron chi connectivity index (χ3n) is 6.69. The number of fused-ring (bicyclic) bond motifs is 4. The maximum Gasteiger partial charge on any atom is 0.318 e. The van der Waals surface area contributed by atoms with E-state index >= 15 is 0 Å². The Kier molecular flexibility index (Phi) is 7.01. The highest BCUT2D eigenvalue weighted by molar-refractivity contribution is 5.76. The Balaban J connectivity index is 1.39. The summed E-state index contributed by atoms with van der Waals surface area (Å²) in [4.78, 5) is 17.6. The Morgan fingerprint density at radius 1 is 0.938 bits per heavy atom. The van der Waals surface area contributed by atoms with Crippen LogP contribution in [0.3, 0.4) is 0 Å². The molecule has 0 spiro atoms. The summed E-state index contributed by atoms with van der Waals surface area (Å²) in [6.45, 7) is 9.29. The van der Waals surface area contributed by atoms with Crippen LogP contribution in [0.1, 0.15) is 32.3 Å². The van der Waals surface area contributed by atoms with Crippen molar-refractivity contribution in [3.05, 3.63) is 54.1 Å². The first kappa shape index (κ1) is 22.6. The molecule has 0 aliphatic carbocycles. The largest absolute Gasteiger partial charge is 0.491 e. The molecule has 2 bridgehead atoms. The highest BCUT2D eigenvalue weighted by atomic mass is 16.5. The van der Waals surface area contributed by atoms with Gasteiger partial charge in [0.2, 0.25) is 0 Å². The molecule has 172 valence electrons. The van der Waals surface area contributed by atoms with E-state index in [0.29, 0.717) is 19.3 Å². The van der Waals surface area contributed by atoms with Crippen LogP contribution < -0.4 is 10.1 Å². The number of rotatable bonds is 7. The van der Waals surface area contributed by atoms with E-state index in [1.54, 1.807) is 7.11 Å². The topological polar surface area (TPSA) is 54.0 Å². The van der Waals surface area contributed by atoms with Gasteiger partial charge in [-0.1, -0.05) is 36.4 Å². The third kappa shape index (κ3) is 5.25. The number of methoxy groups -OCH3 is 1. The molecule has 3 saturated heterocycles. The minimum Gasteiger partial charge on any atom is -0.491 e. The van der Waals surface area contributed by atoms with Crippen molar-refractivity contribution in [3.63, 3.8) is 0 Å². The predicted octanol–water partition coefficient (Wildman–Crippen LogP) is 4.10. The number of amides is 2. The zero-order valence-electron chi connectivity index (χ0n) is 19.5. The highest BCUT2D eigenvalue weighted by Crippen LogP contribution is 2.27. The maximum atomic E-state index is 13.1. The van der Waals surface area contributed by atoms with E-state index in [1.807, 2.05) is 12.1 Å². The number of hydrogen-bond acceptors (Lipinski definition) is 4. The molecule has 3 heterocycles. The van der Waals surface area contributed by atoms with Crippen molar-refractivity contribution in [2.24, 2.45) is 0 Å². The normalized spacial score (nSPS) is 20.7. The van der Waals surface area contributed by atoms with Gasteiger partial charge in [-0.2, -0.15) is 0 Å². The second-order valence-corrected chi connectivity index (χ2v) is 9.26. The average molecular weight is 438 g/mol. The molecule has 6 nitrogen and oxygen atoms in total. The number of hydrogen-bond donors (Lipinski definition) is 1. The molecule has 0 unspecified atom stereocenters. The second-order valence-electron chi connectivity index (χ2n) is 9.26. The van der Waals surface area contributed by atoms with Gasteiger partial charge in [0.25, 0.3) is 0 Å². The van der Waals surface area contributed by atoms with Crippen molar-refractivity contribution >= 4 is 6.03 Å². The van der Waals surface area contributed by atoms with E-state index in [0.717, 1.165) is 61.5 Å². The SMILES string of the molecule is COCCOc1ccc(-c2ccc(C(C)(C)NC(=O)N3CCN4CCC3CC4)cc2)cc1. The molecular weight excluding hydrogens is 402 g/mol. The highest BCUT2D eigenvalue weighted by Gasteiger charge is 2.34. The van der Waals surface area contributed by atoms with E-state index in [1.165, 1.54) is 0 Å². The van der Waals surface area contributed by atoms with Gasteiger partial charge in [-0.05, 0) is 55.5 Å². The maximum absolute atomic E-state index is 13.1. The van der Waals surface area contributed by atoms with Crippen LogP contribution in [-0.4, -0.2) is 68.4 Å². The van der Waals surface area contributed by atoms with E-state index in [-0.39, 0.29) is 6.03 Å². The minimum absolute atomic E-state index is 0.0527. The number of urea groups is 1. The smallest absolute Gasteiger partial charge is 0.318 e. The van der Waals surface area contributed by atoms with E-state index in [4.69, 9.17) is 9.47 Å². The summed E-state index contributed by atoms with van der Waals surface area (Å²) in [5.41, 5.74) is 2.92. The van der Waals surface area contributed by atoms with Crippen LogP contribution in [0.15, 0.2) is 48.5 Å². The van der Waals surface area contributed by atoms with Gasteiger partial charge in [-0.15, -0.1) is 0 Å². The van der Waals surface area contributed by atoms with Crippen molar-refractivity contribution in [1.82, 2.24) is 15.1 Å². The molecule has 2 aromatic rings. The number of carbonyl (C=O) groups excluding carboxylic acids is 1. The van der Waals surface area contributed by atoms with Gasteiger partial charge < -0.3 is 24.6 Å².